The smallest absolute Gasteiger partial charge is 0.416 e. The molecule has 1 aromatic rings. The van der Waals surface area contributed by atoms with Gasteiger partial charge in [-0.05, 0) is 12.1 Å². The van der Waals surface area contributed by atoms with Gasteiger partial charge < -0.3 is 4.74 Å². The highest BCUT2D eigenvalue weighted by Crippen LogP contribution is 2.33. The van der Waals surface area contributed by atoms with Gasteiger partial charge in [-0.25, -0.2) is 13.6 Å². The number of hydrogen-bond donors (Lipinski definition) is 1. The minimum atomic E-state index is -4.66. The van der Waals surface area contributed by atoms with Crippen LogP contribution in [0.2, 0.25) is 0 Å². The summed E-state index contributed by atoms with van der Waals surface area (Å²) in [5.74, 6) is -0.223. The molecule has 0 saturated heterocycles. The van der Waals surface area contributed by atoms with Crippen LogP contribution in [0.1, 0.15) is 5.56 Å². The Hall–Kier alpha value is -1.28. The van der Waals surface area contributed by atoms with Gasteiger partial charge in [0.1, 0.15) is 5.75 Å². The van der Waals surface area contributed by atoms with E-state index in [2.05, 4.69) is 4.74 Å². The number of benzene rings is 1. The first-order valence-electron chi connectivity index (χ1n) is 3.93. The lowest BCUT2D eigenvalue weighted by Crippen LogP contribution is -2.14. The van der Waals surface area contributed by atoms with Gasteiger partial charge in [0.05, 0.1) is 17.6 Å². The summed E-state index contributed by atoms with van der Waals surface area (Å²) in [6, 6.07) is 2.07. The van der Waals surface area contributed by atoms with Crippen molar-refractivity contribution < 1.29 is 26.3 Å². The number of halogens is 3. The Balaban J connectivity index is 3.45. The summed E-state index contributed by atoms with van der Waals surface area (Å²) in [7, 11) is -3.07. The Morgan fingerprint density at radius 2 is 1.81 bits per heavy atom. The van der Waals surface area contributed by atoms with E-state index in [0.717, 1.165) is 13.2 Å². The van der Waals surface area contributed by atoms with E-state index in [1.54, 1.807) is 0 Å². The van der Waals surface area contributed by atoms with E-state index in [-0.39, 0.29) is 5.75 Å². The molecule has 8 heteroatoms. The van der Waals surface area contributed by atoms with Crippen LogP contribution in [0.3, 0.4) is 0 Å². The van der Waals surface area contributed by atoms with E-state index in [0.29, 0.717) is 12.1 Å². The average molecular weight is 255 g/mol. The van der Waals surface area contributed by atoms with E-state index in [9.17, 15) is 21.6 Å². The predicted molar refractivity (Wildman–Crippen MR) is 49.4 cm³/mol. The third-order valence-electron chi connectivity index (χ3n) is 1.77. The second-order valence-corrected chi connectivity index (χ2v) is 4.50. The summed E-state index contributed by atoms with van der Waals surface area (Å²) in [6.45, 7) is 0. The van der Waals surface area contributed by atoms with E-state index in [4.69, 9.17) is 5.14 Å². The summed E-state index contributed by atoms with van der Waals surface area (Å²) in [4.78, 5) is -0.640. The monoisotopic (exact) mass is 255 g/mol. The molecule has 0 bridgehead atoms. The minimum Gasteiger partial charge on any atom is -0.497 e. The summed E-state index contributed by atoms with van der Waals surface area (Å²) >= 11 is 0. The highest BCUT2D eigenvalue weighted by Gasteiger charge is 2.32. The van der Waals surface area contributed by atoms with Crippen molar-refractivity contribution >= 4 is 10.0 Å². The lowest BCUT2D eigenvalue weighted by molar-refractivity contribution is -0.137. The van der Waals surface area contributed by atoms with Crippen LogP contribution >= 0.6 is 0 Å². The number of nitrogens with two attached hydrogens (primary N) is 1. The summed E-state index contributed by atoms with van der Waals surface area (Å²) < 4.78 is 63.6. The second-order valence-electron chi connectivity index (χ2n) is 2.94. The summed E-state index contributed by atoms with van der Waals surface area (Å²) in [5.41, 5.74) is -1.13. The average Bonchev–Trinajstić information content (AvgIpc) is 2.14. The number of primary sulfonamides is 1. The number of alkyl halides is 3. The molecule has 0 aliphatic rings. The van der Waals surface area contributed by atoms with Crippen LogP contribution in [-0.4, -0.2) is 15.5 Å². The van der Waals surface area contributed by atoms with Crippen LogP contribution < -0.4 is 9.88 Å². The molecule has 0 saturated carbocycles. The Morgan fingerprint density at radius 1 is 1.25 bits per heavy atom. The first-order chi connectivity index (χ1) is 7.14. The van der Waals surface area contributed by atoms with Crippen molar-refractivity contribution in [2.75, 3.05) is 7.11 Å². The van der Waals surface area contributed by atoms with Crippen LogP contribution in [0.5, 0.6) is 5.75 Å². The lowest BCUT2D eigenvalue weighted by atomic mass is 10.2. The van der Waals surface area contributed by atoms with Gasteiger partial charge in [0.2, 0.25) is 10.0 Å². The molecule has 0 amide bonds. The van der Waals surface area contributed by atoms with Gasteiger partial charge in [0.25, 0.3) is 0 Å². The maximum Gasteiger partial charge on any atom is 0.416 e. The SMILES string of the molecule is COc1cc(C(F)(F)F)cc(S(N)(=O)=O)c1. The largest absolute Gasteiger partial charge is 0.497 e. The zero-order valence-corrected chi connectivity index (χ0v) is 8.89. The predicted octanol–water partition coefficient (Wildman–Crippen LogP) is 1.36. The fourth-order valence-electron chi connectivity index (χ4n) is 1.02. The maximum absolute atomic E-state index is 12.4. The summed E-state index contributed by atoms with van der Waals surface area (Å²) in [5, 5.41) is 4.74. The molecule has 0 heterocycles. The van der Waals surface area contributed by atoms with E-state index in [1.807, 2.05) is 0 Å². The van der Waals surface area contributed by atoms with Crippen molar-refractivity contribution in [3.63, 3.8) is 0 Å². The van der Waals surface area contributed by atoms with Crippen molar-refractivity contribution in [2.24, 2.45) is 5.14 Å². The molecule has 2 N–H and O–H groups in total. The molecule has 0 aliphatic carbocycles. The van der Waals surface area contributed by atoms with Gasteiger partial charge in [0.15, 0.2) is 0 Å². The van der Waals surface area contributed by atoms with E-state index >= 15 is 0 Å². The van der Waals surface area contributed by atoms with Crippen molar-refractivity contribution in [3.8, 4) is 5.75 Å². The number of methoxy groups -OCH3 is 1. The fraction of sp³-hybridized carbons (Fsp3) is 0.250. The Morgan fingerprint density at radius 3 is 2.19 bits per heavy atom. The van der Waals surface area contributed by atoms with Gasteiger partial charge in [0, 0.05) is 6.07 Å². The number of rotatable bonds is 2. The zero-order chi connectivity index (χ0) is 12.6. The molecule has 90 valence electrons. The van der Waals surface area contributed by atoms with Crippen LogP contribution in [0, 0.1) is 0 Å². The highest BCUT2D eigenvalue weighted by atomic mass is 32.2. The molecule has 0 spiro atoms. The van der Waals surface area contributed by atoms with Crippen LogP contribution in [0.15, 0.2) is 23.1 Å². The highest BCUT2D eigenvalue weighted by molar-refractivity contribution is 7.89. The van der Waals surface area contributed by atoms with Crippen LogP contribution in [-0.2, 0) is 16.2 Å². The van der Waals surface area contributed by atoms with Crippen molar-refractivity contribution in [1.29, 1.82) is 0 Å². The Kier molecular flexibility index (Phi) is 3.15. The third-order valence-corrected chi connectivity index (χ3v) is 2.66. The van der Waals surface area contributed by atoms with Crippen molar-refractivity contribution in [2.45, 2.75) is 11.1 Å². The van der Waals surface area contributed by atoms with Crippen LogP contribution in [0.25, 0.3) is 0 Å². The molecule has 0 atom stereocenters. The number of sulfonamides is 1. The quantitative estimate of drug-likeness (QED) is 0.867. The first-order valence-corrected chi connectivity index (χ1v) is 5.48. The third kappa shape index (κ3) is 2.86. The molecule has 1 rings (SSSR count). The van der Waals surface area contributed by atoms with Gasteiger partial charge in [-0.3, -0.25) is 0 Å². The van der Waals surface area contributed by atoms with E-state index < -0.39 is 26.7 Å². The molecule has 0 radical (unpaired) electrons. The fourth-order valence-corrected chi connectivity index (χ4v) is 1.59. The molecular weight excluding hydrogens is 247 g/mol. The number of hydrogen-bond acceptors (Lipinski definition) is 3. The van der Waals surface area contributed by atoms with Crippen molar-refractivity contribution in [1.82, 2.24) is 0 Å². The van der Waals surface area contributed by atoms with Gasteiger partial charge in [-0.1, -0.05) is 0 Å². The maximum atomic E-state index is 12.4. The molecule has 0 fully saturated rings. The Labute approximate surface area is 89.9 Å². The molecule has 0 aromatic heterocycles. The lowest BCUT2D eigenvalue weighted by Gasteiger charge is -2.10. The first kappa shape index (κ1) is 12.8. The Bertz CT molecular complexity index is 496. The number of ether oxygens (including phenoxy) is 1. The van der Waals surface area contributed by atoms with Gasteiger partial charge in [-0.2, -0.15) is 13.2 Å². The molecule has 0 unspecified atom stereocenters. The van der Waals surface area contributed by atoms with E-state index in [1.165, 1.54) is 0 Å². The zero-order valence-electron chi connectivity index (χ0n) is 8.08. The van der Waals surface area contributed by atoms with Crippen LogP contribution in [0.4, 0.5) is 13.2 Å². The van der Waals surface area contributed by atoms with Gasteiger partial charge >= 0.3 is 6.18 Å². The second kappa shape index (κ2) is 3.95. The molecule has 1 aromatic carbocycles. The topological polar surface area (TPSA) is 69.4 Å². The molecular formula is C8H8F3NO3S. The standard InChI is InChI=1S/C8H8F3NO3S/c1-15-6-2-5(8(9,10)11)3-7(4-6)16(12,13)14/h2-4H,1H3,(H2,12,13,14). The molecule has 4 nitrogen and oxygen atoms in total. The summed E-state index contributed by atoms with van der Waals surface area (Å²) in [6.07, 6.45) is -4.66. The van der Waals surface area contributed by atoms with Gasteiger partial charge in [-0.15, -0.1) is 0 Å². The minimum absolute atomic E-state index is 0.223. The van der Waals surface area contributed by atoms with Crippen molar-refractivity contribution in [3.05, 3.63) is 23.8 Å². The molecule has 0 aliphatic heterocycles. The molecule has 16 heavy (non-hydrogen) atoms. The normalized spacial score (nSPS) is 12.6.